The molecule has 3 heterocycles. The monoisotopic (exact) mass is 522 g/mol. The van der Waals surface area contributed by atoms with Gasteiger partial charge in [0.15, 0.2) is 5.82 Å². The van der Waals surface area contributed by atoms with E-state index in [1.54, 1.807) is 25.4 Å². The Balaban J connectivity index is 1.41. The molecule has 5 rings (SSSR count). The molecule has 1 aliphatic carbocycles. The normalized spacial score (nSPS) is 17.5. The first kappa shape index (κ1) is 25.4. The Hall–Kier alpha value is -3.20. The lowest BCUT2D eigenvalue weighted by molar-refractivity contribution is -0.145. The highest BCUT2D eigenvalue weighted by Gasteiger charge is 2.29. The second-order valence-electron chi connectivity index (χ2n) is 9.80. The lowest BCUT2D eigenvalue weighted by Crippen LogP contribution is -2.49. The van der Waals surface area contributed by atoms with Gasteiger partial charge in [-0.2, -0.15) is 0 Å². The second-order valence-corrected chi connectivity index (χ2v) is 10.9. The number of amides is 1. The summed E-state index contributed by atoms with van der Waals surface area (Å²) in [6, 6.07) is 7.87. The number of hydrogen-bond donors (Lipinski definition) is 0. The number of carbonyl (C=O) groups is 2. The van der Waals surface area contributed by atoms with E-state index >= 15 is 0 Å². The number of thiophene rings is 1. The zero-order valence-corrected chi connectivity index (χ0v) is 22.6. The minimum absolute atomic E-state index is 0.00126. The van der Waals surface area contributed by atoms with Crippen LogP contribution < -0.4 is 9.64 Å². The van der Waals surface area contributed by atoms with Crippen molar-refractivity contribution in [1.29, 1.82) is 0 Å². The van der Waals surface area contributed by atoms with Crippen molar-refractivity contribution in [3.8, 4) is 17.1 Å². The van der Waals surface area contributed by atoms with Crippen molar-refractivity contribution in [2.75, 3.05) is 44.8 Å². The fourth-order valence-electron chi connectivity index (χ4n) is 5.19. The summed E-state index contributed by atoms with van der Waals surface area (Å²) < 4.78 is 10.3. The van der Waals surface area contributed by atoms with Crippen LogP contribution in [-0.4, -0.2) is 66.6 Å². The van der Waals surface area contributed by atoms with Crippen molar-refractivity contribution >= 4 is 39.2 Å². The van der Waals surface area contributed by atoms with Crippen LogP contribution in [0.4, 0.5) is 5.82 Å². The molecule has 8 nitrogen and oxygen atoms in total. The van der Waals surface area contributed by atoms with E-state index in [0.29, 0.717) is 44.5 Å². The van der Waals surface area contributed by atoms with Crippen molar-refractivity contribution in [3.63, 3.8) is 0 Å². The van der Waals surface area contributed by atoms with Crippen LogP contribution in [0.1, 0.15) is 43.6 Å². The van der Waals surface area contributed by atoms with Crippen molar-refractivity contribution in [1.82, 2.24) is 14.9 Å². The highest BCUT2D eigenvalue weighted by Crippen LogP contribution is 2.42. The van der Waals surface area contributed by atoms with Gasteiger partial charge < -0.3 is 19.3 Å². The van der Waals surface area contributed by atoms with E-state index in [2.05, 4.69) is 11.8 Å². The molecule has 1 saturated heterocycles. The van der Waals surface area contributed by atoms with E-state index in [0.717, 1.165) is 34.8 Å². The first-order valence-corrected chi connectivity index (χ1v) is 13.9. The number of nitrogens with zero attached hydrogens (tertiary/aromatic N) is 4. The predicted octanol–water partition coefficient (Wildman–Crippen LogP) is 4.48. The number of ether oxygens (including phenoxy) is 2. The summed E-state index contributed by atoms with van der Waals surface area (Å²) in [5.74, 6) is 2.85. The number of methoxy groups -OCH3 is 1. The van der Waals surface area contributed by atoms with Crippen LogP contribution in [0.3, 0.4) is 0 Å². The quantitative estimate of drug-likeness (QED) is 0.423. The Morgan fingerprint density at radius 2 is 1.84 bits per heavy atom. The number of hydrogen-bond acceptors (Lipinski definition) is 8. The summed E-state index contributed by atoms with van der Waals surface area (Å²) in [7, 11) is 1.66. The fraction of sp³-hybridized carbons (Fsp3) is 0.500. The second kappa shape index (κ2) is 11.0. The number of fused-ring (bicyclic) bond motifs is 3. The van der Waals surface area contributed by atoms with Gasteiger partial charge in [-0.25, -0.2) is 9.97 Å². The third kappa shape index (κ3) is 5.42. The maximum atomic E-state index is 12.7. The number of aromatic nitrogens is 2. The maximum absolute atomic E-state index is 12.7. The minimum atomic E-state index is -0.319. The molecule has 0 N–H and O–H groups in total. The van der Waals surface area contributed by atoms with Gasteiger partial charge in [0.2, 0.25) is 5.91 Å². The highest BCUT2D eigenvalue weighted by atomic mass is 32.1. The van der Waals surface area contributed by atoms with E-state index in [1.165, 1.54) is 22.2 Å². The van der Waals surface area contributed by atoms with Crippen molar-refractivity contribution in [3.05, 3.63) is 34.7 Å². The zero-order valence-electron chi connectivity index (χ0n) is 21.8. The van der Waals surface area contributed by atoms with Crippen molar-refractivity contribution in [2.45, 2.75) is 46.0 Å². The average molecular weight is 523 g/mol. The minimum Gasteiger partial charge on any atom is -0.497 e. The molecule has 0 saturated carbocycles. The van der Waals surface area contributed by atoms with Crippen LogP contribution in [0.5, 0.6) is 5.75 Å². The molecule has 0 spiro atoms. The summed E-state index contributed by atoms with van der Waals surface area (Å²) in [5, 5.41) is 1.19. The van der Waals surface area contributed by atoms with E-state index in [4.69, 9.17) is 19.4 Å². The Morgan fingerprint density at radius 3 is 2.54 bits per heavy atom. The van der Waals surface area contributed by atoms with Crippen LogP contribution in [0.15, 0.2) is 24.3 Å². The fourth-order valence-corrected chi connectivity index (χ4v) is 6.57. The van der Waals surface area contributed by atoms with E-state index in [1.807, 2.05) is 29.2 Å². The average Bonchev–Trinajstić information content (AvgIpc) is 3.29. The largest absolute Gasteiger partial charge is 0.497 e. The molecule has 1 aliphatic heterocycles. The molecule has 37 heavy (non-hydrogen) atoms. The first-order chi connectivity index (χ1) is 18.0. The molecule has 0 bridgehead atoms. The lowest BCUT2D eigenvalue weighted by atomic mass is 9.89. The summed E-state index contributed by atoms with van der Waals surface area (Å²) in [6.45, 7) is 7.03. The molecule has 0 radical (unpaired) electrons. The Bertz CT molecular complexity index is 1280. The molecule has 3 aromatic rings. The Morgan fingerprint density at radius 1 is 1.08 bits per heavy atom. The van der Waals surface area contributed by atoms with Crippen LogP contribution in [0, 0.1) is 5.92 Å². The van der Waals surface area contributed by atoms with Gasteiger partial charge >= 0.3 is 5.97 Å². The van der Waals surface area contributed by atoms with Gasteiger partial charge in [-0.1, -0.05) is 6.92 Å². The molecule has 9 heteroatoms. The maximum Gasteiger partial charge on any atom is 0.306 e. The number of benzene rings is 1. The Labute approximate surface area is 221 Å². The van der Waals surface area contributed by atoms with Crippen LogP contribution in [0.25, 0.3) is 21.6 Å². The van der Waals surface area contributed by atoms with Gasteiger partial charge in [0.1, 0.15) is 16.4 Å². The molecule has 1 fully saturated rings. The number of anilines is 1. The topological polar surface area (TPSA) is 84.9 Å². The summed E-state index contributed by atoms with van der Waals surface area (Å²) in [5.41, 5.74) is 2.36. The molecule has 1 atom stereocenters. The number of rotatable bonds is 7. The third-order valence-electron chi connectivity index (χ3n) is 7.26. The van der Waals surface area contributed by atoms with E-state index in [-0.39, 0.29) is 24.7 Å². The van der Waals surface area contributed by atoms with Gasteiger partial charge in [0.05, 0.1) is 25.5 Å². The zero-order chi connectivity index (χ0) is 25.9. The van der Waals surface area contributed by atoms with Crippen molar-refractivity contribution in [2.24, 2.45) is 5.92 Å². The molecule has 2 aromatic heterocycles. The number of esters is 1. The van der Waals surface area contributed by atoms with Crippen LogP contribution >= 0.6 is 11.3 Å². The standard InChI is InChI=1S/C28H34N4O4S/c1-4-36-24(34)12-11-23(33)31-13-15-32(16-14-31)27-25-21-10-5-18(2)17-22(21)37-28(25)30-26(29-27)19-6-8-20(35-3)9-7-19/h6-9,18H,4-5,10-17H2,1-3H3. The van der Waals surface area contributed by atoms with Gasteiger partial charge in [-0.15, -0.1) is 11.3 Å². The molecule has 2 aliphatic rings. The molecular formula is C28H34N4O4S. The molecule has 1 amide bonds. The molecular weight excluding hydrogens is 488 g/mol. The first-order valence-electron chi connectivity index (χ1n) is 13.1. The number of carbonyl (C=O) groups excluding carboxylic acids is 2. The van der Waals surface area contributed by atoms with Gasteiger partial charge in [-0.05, 0) is 61.9 Å². The molecule has 1 aromatic carbocycles. The smallest absolute Gasteiger partial charge is 0.306 e. The van der Waals surface area contributed by atoms with Crippen LogP contribution in [0.2, 0.25) is 0 Å². The SMILES string of the molecule is CCOC(=O)CCC(=O)N1CCN(c2nc(-c3ccc(OC)cc3)nc3sc4c(c23)CCC(C)C4)CC1. The van der Waals surface area contributed by atoms with E-state index < -0.39 is 0 Å². The third-order valence-corrected chi connectivity index (χ3v) is 8.41. The summed E-state index contributed by atoms with van der Waals surface area (Å²) >= 11 is 1.81. The highest BCUT2D eigenvalue weighted by molar-refractivity contribution is 7.19. The Kier molecular flexibility index (Phi) is 7.60. The van der Waals surface area contributed by atoms with Gasteiger partial charge in [0, 0.05) is 43.0 Å². The predicted molar refractivity (Wildman–Crippen MR) is 145 cm³/mol. The number of aryl methyl sites for hydroxylation is 1. The summed E-state index contributed by atoms with van der Waals surface area (Å²) in [4.78, 5) is 41.1. The molecule has 1 unspecified atom stereocenters. The van der Waals surface area contributed by atoms with Gasteiger partial charge in [-0.3, -0.25) is 9.59 Å². The van der Waals surface area contributed by atoms with Gasteiger partial charge in [0.25, 0.3) is 0 Å². The van der Waals surface area contributed by atoms with Crippen LogP contribution in [-0.2, 0) is 27.2 Å². The summed E-state index contributed by atoms with van der Waals surface area (Å²) in [6.07, 6.45) is 3.65. The lowest BCUT2D eigenvalue weighted by Gasteiger charge is -2.36. The molecule has 196 valence electrons. The number of piperazine rings is 1. The van der Waals surface area contributed by atoms with E-state index in [9.17, 15) is 9.59 Å². The van der Waals surface area contributed by atoms with Crippen molar-refractivity contribution < 1.29 is 19.1 Å².